The molecule has 5 aromatic rings. The Balaban J connectivity index is 1.27. The highest BCUT2D eigenvalue weighted by molar-refractivity contribution is 7.18. The number of piperazine rings is 1. The number of halogens is 1. The maximum Gasteiger partial charge on any atom is 0.338 e. The molecule has 0 radical (unpaired) electrons. The molecule has 244 valence electrons. The number of fused-ring (bicyclic) bond motifs is 2. The van der Waals surface area contributed by atoms with Crippen LogP contribution in [0.1, 0.15) is 42.0 Å². The lowest BCUT2D eigenvalue weighted by Crippen LogP contribution is -2.54. The smallest absolute Gasteiger partial charge is 0.338 e. The summed E-state index contributed by atoms with van der Waals surface area (Å²) in [5, 5.41) is 31.3. The summed E-state index contributed by atoms with van der Waals surface area (Å²) in [7, 11) is 0. The molecule has 1 saturated heterocycles. The van der Waals surface area contributed by atoms with E-state index in [9.17, 15) is 25.2 Å². The lowest BCUT2D eigenvalue weighted by molar-refractivity contribution is 0.0699. The second kappa shape index (κ2) is 13.2. The number of nitriles is 2. The molecule has 1 aromatic carbocycles. The summed E-state index contributed by atoms with van der Waals surface area (Å²) in [5.74, 6) is 0.342. The van der Waals surface area contributed by atoms with Crippen molar-refractivity contribution in [3.63, 3.8) is 0 Å². The van der Waals surface area contributed by atoms with E-state index in [-0.39, 0.29) is 40.8 Å². The van der Waals surface area contributed by atoms with Gasteiger partial charge in [0.25, 0.3) is 5.56 Å². The van der Waals surface area contributed by atoms with Crippen molar-refractivity contribution >= 4 is 55.8 Å². The quantitative estimate of drug-likeness (QED) is 0.209. The minimum atomic E-state index is -1.06. The fourth-order valence-corrected chi connectivity index (χ4v) is 7.33. The van der Waals surface area contributed by atoms with E-state index in [4.69, 9.17) is 16.3 Å². The largest absolute Gasteiger partial charge is 0.491 e. The van der Waals surface area contributed by atoms with Crippen LogP contribution in [0.25, 0.3) is 32.2 Å². The normalized spacial score (nSPS) is 13.8. The summed E-state index contributed by atoms with van der Waals surface area (Å²) in [4.78, 5) is 43.4. The Morgan fingerprint density at radius 3 is 2.62 bits per heavy atom. The minimum Gasteiger partial charge on any atom is -0.491 e. The van der Waals surface area contributed by atoms with Crippen LogP contribution in [0.3, 0.4) is 0 Å². The van der Waals surface area contributed by atoms with Gasteiger partial charge in [-0.25, -0.2) is 14.8 Å². The molecule has 0 bridgehead atoms. The van der Waals surface area contributed by atoms with Crippen LogP contribution in [0.5, 0.6) is 5.75 Å². The van der Waals surface area contributed by atoms with Crippen molar-refractivity contribution in [3.8, 4) is 29.0 Å². The molecule has 0 amide bonds. The third kappa shape index (κ3) is 6.04. The zero-order chi connectivity index (χ0) is 34.2. The van der Waals surface area contributed by atoms with Gasteiger partial charge in [-0.15, -0.1) is 11.3 Å². The number of hydrogen-bond donors (Lipinski definition) is 1. The number of aromatic nitrogens is 4. The van der Waals surface area contributed by atoms with Crippen molar-refractivity contribution in [1.29, 1.82) is 10.5 Å². The summed E-state index contributed by atoms with van der Waals surface area (Å²) in [6.07, 6.45) is 3.51. The number of aromatic carboxylic acids is 1. The van der Waals surface area contributed by atoms with Crippen molar-refractivity contribution in [2.45, 2.75) is 39.3 Å². The van der Waals surface area contributed by atoms with Gasteiger partial charge < -0.3 is 14.7 Å². The standard InChI is InChI=1S/C34H31ClN8O4S/c1-20-40-26-18-39-31(41-10-12-42(13-11-41)34(2,3)7-8-36)24(17-37)28(26)32(44)43(20)14-15-47-27-5-4-21(35)16-23(27)22-6-9-38-29-25(33(45)46)19-48-30(22)29/h4-6,9,16,18-19H,7,10-15H2,1-3H3,(H,45,46). The SMILES string of the molecule is Cc1nc2cnc(N3CCN(C(C)(C)CC#N)CC3)c(C#N)c2c(=O)n1CCOc1ccc(Cl)cc1-c1ccnc2c(C(=O)O)csc12. The van der Waals surface area contributed by atoms with Crippen molar-refractivity contribution < 1.29 is 14.6 Å². The first kappa shape index (κ1) is 32.8. The summed E-state index contributed by atoms with van der Waals surface area (Å²) >= 11 is 7.65. The molecule has 6 rings (SSSR count). The highest BCUT2D eigenvalue weighted by Crippen LogP contribution is 2.39. The van der Waals surface area contributed by atoms with Crippen molar-refractivity contribution in [1.82, 2.24) is 24.4 Å². The molecule has 14 heteroatoms. The van der Waals surface area contributed by atoms with Gasteiger partial charge in [0, 0.05) is 59.4 Å². The zero-order valence-corrected chi connectivity index (χ0v) is 28.1. The molecule has 12 nitrogen and oxygen atoms in total. The average Bonchev–Trinajstić information content (AvgIpc) is 3.51. The van der Waals surface area contributed by atoms with Gasteiger partial charge in [0.2, 0.25) is 0 Å². The number of aryl methyl sites for hydroxylation is 1. The monoisotopic (exact) mass is 682 g/mol. The topological polar surface area (TPSA) is 161 Å². The number of benzene rings is 1. The minimum absolute atomic E-state index is 0.0991. The zero-order valence-electron chi connectivity index (χ0n) is 26.5. The van der Waals surface area contributed by atoms with Crippen LogP contribution in [-0.4, -0.2) is 73.8 Å². The lowest BCUT2D eigenvalue weighted by atomic mass is 9.98. The number of anilines is 1. The number of carboxylic acid groups (broad SMARTS) is 1. The number of pyridine rings is 2. The van der Waals surface area contributed by atoms with E-state index in [0.29, 0.717) is 76.3 Å². The molecule has 0 saturated carbocycles. The van der Waals surface area contributed by atoms with Crippen LogP contribution < -0.4 is 15.2 Å². The van der Waals surface area contributed by atoms with E-state index in [1.807, 2.05) is 18.7 Å². The first-order chi connectivity index (χ1) is 23.0. The van der Waals surface area contributed by atoms with Crippen LogP contribution in [0, 0.1) is 29.6 Å². The van der Waals surface area contributed by atoms with E-state index in [1.54, 1.807) is 49.0 Å². The van der Waals surface area contributed by atoms with E-state index >= 15 is 0 Å². The van der Waals surface area contributed by atoms with Crippen molar-refractivity contribution in [3.05, 3.63) is 74.4 Å². The van der Waals surface area contributed by atoms with Gasteiger partial charge in [-0.3, -0.25) is 19.2 Å². The summed E-state index contributed by atoms with van der Waals surface area (Å²) in [6.45, 7) is 8.65. The Morgan fingerprint density at radius 1 is 1.15 bits per heavy atom. The number of hydrogen-bond acceptors (Lipinski definition) is 11. The number of thiophene rings is 1. The maximum atomic E-state index is 14.0. The molecule has 1 aliphatic heterocycles. The van der Waals surface area contributed by atoms with E-state index < -0.39 is 5.97 Å². The van der Waals surface area contributed by atoms with E-state index in [1.165, 1.54) is 15.9 Å². The second-order valence-corrected chi connectivity index (χ2v) is 13.4. The maximum absolute atomic E-state index is 14.0. The molecule has 1 N–H and O–H groups in total. The molecular weight excluding hydrogens is 652 g/mol. The third-order valence-electron chi connectivity index (χ3n) is 8.72. The fraction of sp³-hybridized carbons (Fsp3) is 0.324. The molecule has 5 heterocycles. The van der Waals surface area contributed by atoms with Crippen LogP contribution >= 0.6 is 22.9 Å². The highest BCUT2D eigenvalue weighted by Gasteiger charge is 2.31. The Hall–Kier alpha value is -5.08. The van der Waals surface area contributed by atoms with Crippen molar-refractivity contribution in [2.75, 3.05) is 37.7 Å². The highest BCUT2D eigenvalue weighted by atomic mass is 35.5. The van der Waals surface area contributed by atoms with E-state index in [2.05, 4.69) is 32.0 Å². The molecule has 0 unspecified atom stereocenters. The number of ether oxygens (including phenoxy) is 1. The van der Waals surface area contributed by atoms with E-state index in [0.717, 1.165) is 5.56 Å². The molecule has 48 heavy (non-hydrogen) atoms. The first-order valence-electron chi connectivity index (χ1n) is 15.2. The van der Waals surface area contributed by atoms with Gasteiger partial charge >= 0.3 is 5.97 Å². The number of nitrogens with zero attached hydrogens (tertiary/aromatic N) is 8. The Morgan fingerprint density at radius 2 is 1.92 bits per heavy atom. The van der Waals surface area contributed by atoms with Crippen LogP contribution in [0.2, 0.25) is 5.02 Å². The Kier molecular flexibility index (Phi) is 9.03. The van der Waals surface area contributed by atoms with Crippen LogP contribution in [0.4, 0.5) is 5.82 Å². The summed E-state index contributed by atoms with van der Waals surface area (Å²) in [5.41, 5.74) is 1.80. The molecular formula is C34H31ClN8O4S. The predicted octanol–water partition coefficient (Wildman–Crippen LogP) is 5.49. The molecule has 1 fully saturated rings. The van der Waals surface area contributed by atoms with Gasteiger partial charge in [-0.05, 0) is 45.0 Å². The first-order valence-corrected chi connectivity index (χ1v) is 16.5. The summed E-state index contributed by atoms with van der Waals surface area (Å²) in [6, 6.07) is 11.4. The predicted molar refractivity (Wildman–Crippen MR) is 184 cm³/mol. The van der Waals surface area contributed by atoms with Crippen LogP contribution in [0.15, 0.2) is 46.8 Å². The third-order valence-corrected chi connectivity index (χ3v) is 9.96. The lowest BCUT2D eigenvalue weighted by Gasteiger charge is -2.43. The van der Waals surface area contributed by atoms with Gasteiger partial charge in [0.15, 0.2) is 0 Å². The second-order valence-electron chi connectivity index (χ2n) is 12.0. The average molecular weight is 683 g/mol. The molecule has 0 spiro atoms. The molecule has 0 aliphatic carbocycles. The summed E-state index contributed by atoms with van der Waals surface area (Å²) < 4.78 is 8.40. The number of rotatable bonds is 9. The number of carboxylic acids is 1. The van der Waals surface area contributed by atoms with Gasteiger partial charge in [-0.2, -0.15) is 10.5 Å². The van der Waals surface area contributed by atoms with Gasteiger partial charge in [0.05, 0.1) is 51.9 Å². The van der Waals surface area contributed by atoms with Crippen LogP contribution in [-0.2, 0) is 6.54 Å². The Labute approximate surface area is 285 Å². The van der Waals surface area contributed by atoms with Gasteiger partial charge in [0.1, 0.15) is 35.6 Å². The molecule has 4 aromatic heterocycles. The Bertz CT molecular complexity index is 2210. The number of carbonyl (C=O) groups is 1. The fourth-order valence-electron chi connectivity index (χ4n) is 6.13. The van der Waals surface area contributed by atoms with Crippen molar-refractivity contribution in [2.24, 2.45) is 0 Å². The van der Waals surface area contributed by atoms with Gasteiger partial charge in [-0.1, -0.05) is 11.6 Å². The molecule has 0 atom stereocenters. The molecule has 1 aliphatic rings.